The SMILES string of the molecule is CC(C)CNCCCc1nnc(C2C(C)(C)C2(C)C)s1. The molecule has 1 aromatic heterocycles. The van der Waals surface area contributed by atoms with Crippen LogP contribution in [0.2, 0.25) is 0 Å². The summed E-state index contributed by atoms with van der Waals surface area (Å²) >= 11 is 1.82. The zero-order valence-corrected chi connectivity index (χ0v) is 14.6. The standard InChI is InChI=1S/C16H29N3S/c1-11(2)10-17-9-7-8-12-18-19-14(20-12)13-15(3,4)16(13,5)6/h11,13,17H,7-10H2,1-6H3. The maximum Gasteiger partial charge on any atom is 0.121 e. The zero-order chi connectivity index (χ0) is 15.0. The van der Waals surface area contributed by atoms with E-state index in [2.05, 4.69) is 57.1 Å². The van der Waals surface area contributed by atoms with Gasteiger partial charge in [0.2, 0.25) is 0 Å². The van der Waals surface area contributed by atoms with E-state index in [-0.39, 0.29) is 0 Å². The van der Waals surface area contributed by atoms with Gasteiger partial charge in [0.15, 0.2) is 0 Å². The molecule has 1 aliphatic carbocycles. The van der Waals surface area contributed by atoms with Gasteiger partial charge in [-0.25, -0.2) is 0 Å². The van der Waals surface area contributed by atoms with E-state index in [9.17, 15) is 0 Å². The monoisotopic (exact) mass is 295 g/mol. The summed E-state index contributed by atoms with van der Waals surface area (Å²) in [6, 6.07) is 0. The van der Waals surface area contributed by atoms with Crippen molar-refractivity contribution in [1.29, 1.82) is 0 Å². The van der Waals surface area contributed by atoms with E-state index in [1.165, 1.54) is 10.0 Å². The summed E-state index contributed by atoms with van der Waals surface area (Å²) in [5.41, 5.74) is 0.727. The number of hydrogen-bond donors (Lipinski definition) is 1. The van der Waals surface area contributed by atoms with Crippen LogP contribution in [0.25, 0.3) is 0 Å². The van der Waals surface area contributed by atoms with Crippen LogP contribution in [0.15, 0.2) is 0 Å². The van der Waals surface area contributed by atoms with Crippen LogP contribution in [0.5, 0.6) is 0 Å². The lowest BCUT2D eigenvalue weighted by Crippen LogP contribution is -2.21. The average Bonchev–Trinajstić information content (AvgIpc) is 2.67. The fourth-order valence-electron chi connectivity index (χ4n) is 3.05. The molecular formula is C16H29N3S. The number of aryl methyl sites for hydroxylation is 1. The summed E-state index contributed by atoms with van der Waals surface area (Å²) < 4.78 is 0. The second kappa shape index (κ2) is 5.72. The van der Waals surface area contributed by atoms with E-state index < -0.39 is 0 Å². The normalized spacial score (nSPS) is 20.6. The maximum absolute atomic E-state index is 4.44. The Kier molecular flexibility index (Phi) is 4.55. The lowest BCUT2D eigenvalue weighted by molar-refractivity contribution is 0.457. The summed E-state index contributed by atoms with van der Waals surface area (Å²) in [7, 11) is 0. The van der Waals surface area contributed by atoms with E-state index in [1.54, 1.807) is 0 Å². The number of nitrogens with one attached hydrogen (secondary N) is 1. The van der Waals surface area contributed by atoms with Crippen molar-refractivity contribution in [2.75, 3.05) is 13.1 Å². The average molecular weight is 295 g/mol. The molecule has 0 unspecified atom stereocenters. The molecule has 1 heterocycles. The van der Waals surface area contributed by atoms with Crippen LogP contribution < -0.4 is 5.32 Å². The lowest BCUT2D eigenvalue weighted by Gasteiger charge is -2.05. The highest BCUT2D eigenvalue weighted by atomic mass is 32.1. The molecule has 4 heteroatoms. The Hall–Kier alpha value is -0.480. The predicted octanol–water partition coefficient (Wildman–Crippen LogP) is 3.87. The largest absolute Gasteiger partial charge is 0.316 e. The van der Waals surface area contributed by atoms with E-state index in [0.29, 0.717) is 16.7 Å². The fourth-order valence-corrected chi connectivity index (χ4v) is 4.41. The fraction of sp³-hybridized carbons (Fsp3) is 0.875. The van der Waals surface area contributed by atoms with E-state index >= 15 is 0 Å². The minimum atomic E-state index is 0.364. The van der Waals surface area contributed by atoms with Crippen LogP contribution in [-0.4, -0.2) is 23.3 Å². The molecule has 1 saturated carbocycles. The van der Waals surface area contributed by atoms with Crippen molar-refractivity contribution < 1.29 is 0 Å². The van der Waals surface area contributed by atoms with Crippen molar-refractivity contribution in [2.24, 2.45) is 16.7 Å². The van der Waals surface area contributed by atoms with E-state index in [1.807, 2.05) is 11.3 Å². The summed E-state index contributed by atoms with van der Waals surface area (Å²) in [6.45, 7) is 16.0. The minimum Gasteiger partial charge on any atom is -0.316 e. The van der Waals surface area contributed by atoms with Gasteiger partial charge in [-0.05, 0) is 36.3 Å². The maximum atomic E-state index is 4.44. The number of rotatable bonds is 7. The van der Waals surface area contributed by atoms with Gasteiger partial charge in [0.25, 0.3) is 0 Å². The van der Waals surface area contributed by atoms with Crippen molar-refractivity contribution in [2.45, 2.75) is 60.3 Å². The molecule has 1 N–H and O–H groups in total. The molecular weight excluding hydrogens is 266 g/mol. The quantitative estimate of drug-likeness (QED) is 0.776. The first-order valence-electron chi connectivity index (χ1n) is 7.80. The molecule has 0 amide bonds. The molecule has 0 saturated heterocycles. The molecule has 0 radical (unpaired) electrons. The van der Waals surface area contributed by atoms with Gasteiger partial charge in [0.1, 0.15) is 10.0 Å². The Labute approximate surface area is 127 Å². The second-order valence-corrected chi connectivity index (χ2v) is 8.71. The highest BCUT2D eigenvalue weighted by Gasteiger charge is 2.66. The summed E-state index contributed by atoms with van der Waals surface area (Å²) in [5.74, 6) is 1.31. The lowest BCUT2D eigenvalue weighted by atomic mass is 10.0. The van der Waals surface area contributed by atoms with Gasteiger partial charge in [-0.1, -0.05) is 41.5 Å². The Balaban J connectivity index is 1.79. The van der Waals surface area contributed by atoms with Crippen LogP contribution >= 0.6 is 11.3 Å². The molecule has 0 aromatic carbocycles. The van der Waals surface area contributed by atoms with Gasteiger partial charge in [-0.3, -0.25) is 0 Å². The van der Waals surface area contributed by atoms with Gasteiger partial charge in [-0.2, -0.15) is 0 Å². The van der Waals surface area contributed by atoms with Crippen molar-refractivity contribution in [3.8, 4) is 0 Å². The first-order valence-corrected chi connectivity index (χ1v) is 8.61. The molecule has 0 atom stereocenters. The van der Waals surface area contributed by atoms with Crippen LogP contribution in [0.4, 0.5) is 0 Å². The molecule has 0 aliphatic heterocycles. The molecule has 114 valence electrons. The first-order chi connectivity index (χ1) is 9.26. The van der Waals surface area contributed by atoms with E-state index in [0.717, 1.165) is 31.8 Å². The molecule has 1 fully saturated rings. The van der Waals surface area contributed by atoms with Gasteiger partial charge in [0.05, 0.1) is 0 Å². The Bertz CT molecular complexity index is 434. The van der Waals surface area contributed by atoms with Crippen LogP contribution in [0, 0.1) is 16.7 Å². The zero-order valence-electron chi connectivity index (χ0n) is 13.8. The highest BCUT2D eigenvalue weighted by Crippen LogP contribution is 2.73. The topological polar surface area (TPSA) is 37.8 Å². The molecule has 0 spiro atoms. The summed E-state index contributed by atoms with van der Waals surface area (Å²) in [4.78, 5) is 0. The smallest absolute Gasteiger partial charge is 0.121 e. The number of hydrogen-bond acceptors (Lipinski definition) is 4. The van der Waals surface area contributed by atoms with Gasteiger partial charge in [0, 0.05) is 12.3 Å². The van der Waals surface area contributed by atoms with Crippen LogP contribution in [0.1, 0.15) is 63.9 Å². The predicted molar refractivity (Wildman–Crippen MR) is 86.2 cm³/mol. The summed E-state index contributed by atoms with van der Waals surface area (Å²) in [5, 5.41) is 14.7. The van der Waals surface area contributed by atoms with E-state index in [4.69, 9.17) is 0 Å². The number of nitrogens with zero attached hydrogens (tertiary/aromatic N) is 2. The molecule has 3 nitrogen and oxygen atoms in total. The molecule has 0 bridgehead atoms. The van der Waals surface area contributed by atoms with Crippen LogP contribution in [-0.2, 0) is 6.42 Å². The van der Waals surface area contributed by atoms with Gasteiger partial charge >= 0.3 is 0 Å². The first kappa shape index (κ1) is 15.9. The molecule has 1 aliphatic rings. The Morgan fingerprint density at radius 3 is 2.35 bits per heavy atom. The third kappa shape index (κ3) is 3.06. The molecule has 1 aromatic rings. The third-order valence-corrected chi connectivity index (χ3v) is 6.09. The van der Waals surface area contributed by atoms with Gasteiger partial charge in [-0.15, -0.1) is 21.5 Å². The number of aromatic nitrogens is 2. The molecule has 20 heavy (non-hydrogen) atoms. The summed E-state index contributed by atoms with van der Waals surface area (Å²) in [6.07, 6.45) is 2.20. The third-order valence-electron chi connectivity index (χ3n) is 5.05. The van der Waals surface area contributed by atoms with Crippen LogP contribution in [0.3, 0.4) is 0 Å². The Morgan fingerprint density at radius 2 is 1.80 bits per heavy atom. The molecule has 2 rings (SSSR count). The highest BCUT2D eigenvalue weighted by molar-refractivity contribution is 7.11. The van der Waals surface area contributed by atoms with Crippen molar-refractivity contribution >= 4 is 11.3 Å². The minimum absolute atomic E-state index is 0.364. The van der Waals surface area contributed by atoms with Crippen molar-refractivity contribution in [1.82, 2.24) is 15.5 Å². The van der Waals surface area contributed by atoms with Crippen molar-refractivity contribution in [3.63, 3.8) is 0 Å². The second-order valence-electron chi connectivity index (χ2n) is 7.61. The van der Waals surface area contributed by atoms with Gasteiger partial charge < -0.3 is 5.32 Å². The Morgan fingerprint density at radius 1 is 1.15 bits per heavy atom. The van der Waals surface area contributed by atoms with Crippen molar-refractivity contribution in [3.05, 3.63) is 10.0 Å².